The van der Waals surface area contributed by atoms with Crippen LogP contribution in [0.4, 0.5) is 0 Å². The summed E-state index contributed by atoms with van der Waals surface area (Å²) in [5, 5.41) is 10.6. The topological polar surface area (TPSA) is 68.6 Å². The monoisotopic (exact) mass is 285 g/mol. The number of benzene rings is 1. The summed E-state index contributed by atoms with van der Waals surface area (Å²) in [5.41, 5.74) is 6.81. The Morgan fingerprint density at radius 2 is 2.38 bits per heavy atom. The van der Waals surface area contributed by atoms with Crippen molar-refractivity contribution < 1.29 is 14.3 Å². The quantitative estimate of drug-likeness (QED) is 0.907. The third kappa shape index (κ3) is 1.71. The molecule has 0 radical (unpaired) electrons. The predicted molar refractivity (Wildman–Crippen MR) is 64.5 cm³/mol. The minimum Gasteiger partial charge on any atom is -0.493 e. The van der Waals surface area contributed by atoms with Crippen LogP contribution < -0.4 is 10.5 Å². The highest BCUT2D eigenvalue weighted by Crippen LogP contribution is 2.37. The highest BCUT2D eigenvalue weighted by Gasteiger charge is 2.17. The molecule has 1 aromatic heterocycles. The Hall–Kier alpha value is -1.04. The van der Waals surface area contributed by atoms with Crippen molar-refractivity contribution in [3.05, 3.63) is 28.4 Å². The number of halogens is 1. The molecular weight excluding hydrogens is 274 g/mol. The Kier molecular flexibility index (Phi) is 3.18. The first kappa shape index (κ1) is 11.4. The average Bonchev–Trinajstić information content (AvgIpc) is 2.78. The normalized spacial score (nSPS) is 13.0. The maximum absolute atomic E-state index is 9.79. The van der Waals surface area contributed by atoms with E-state index in [1.807, 2.05) is 6.07 Å². The van der Waals surface area contributed by atoms with E-state index in [0.717, 1.165) is 9.86 Å². The van der Waals surface area contributed by atoms with Crippen LogP contribution in [0, 0.1) is 0 Å². The van der Waals surface area contributed by atoms with Crippen LogP contribution in [0.15, 0.2) is 27.3 Å². The number of nitrogens with two attached hydrogens (primary N) is 1. The van der Waals surface area contributed by atoms with Crippen molar-refractivity contribution in [3.63, 3.8) is 0 Å². The first-order valence-electron chi connectivity index (χ1n) is 4.80. The first-order valence-corrected chi connectivity index (χ1v) is 5.60. The number of rotatable bonds is 3. The van der Waals surface area contributed by atoms with Gasteiger partial charge < -0.3 is 20.0 Å². The van der Waals surface area contributed by atoms with Gasteiger partial charge in [-0.15, -0.1) is 0 Å². The van der Waals surface area contributed by atoms with Gasteiger partial charge in [-0.05, 0) is 28.1 Å². The zero-order valence-corrected chi connectivity index (χ0v) is 10.3. The fourth-order valence-corrected chi connectivity index (χ4v) is 2.31. The van der Waals surface area contributed by atoms with Gasteiger partial charge >= 0.3 is 0 Å². The maximum Gasteiger partial charge on any atom is 0.176 e. The lowest BCUT2D eigenvalue weighted by Gasteiger charge is -2.13. The Morgan fingerprint density at radius 1 is 1.62 bits per heavy atom. The molecule has 0 saturated heterocycles. The van der Waals surface area contributed by atoms with E-state index >= 15 is 0 Å². The van der Waals surface area contributed by atoms with Crippen molar-refractivity contribution in [1.29, 1.82) is 0 Å². The van der Waals surface area contributed by atoms with Crippen molar-refractivity contribution in [2.24, 2.45) is 5.73 Å². The standard InChI is InChI=1S/C11H12BrNO3/c1-15-9-4-7(8(14)5-13)10(12)6-2-3-16-11(6)9/h2-4,8,14H,5,13H2,1H3. The molecule has 0 aliphatic rings. The van der Waals surface area contributed by atoms with Crippen molar-refractivity contribution in [1.82, 2.24) is 0 Å². The second kappa shape index (κ2) is 4.45. The second-order valence-electron chi connectivity index (χ2n) is 3.40. The molecule has 0 aliphatic carbocycles. The molecule has 2 rings (SSSR count). The molecule has 0 spiro atoms. The van der Waals surface area contributed by atoms with E-state index in [4.69, 9.17) is 14.9 Å². The van der Waals surface area contributed by atoms with E-state index < -0.39 is 6.10 Å². The average molecular weight is 286 g/mol. The fraction of sp³-hybridized carbons (Fsp3) is 0.273. The molecule has 1 heterocycles. The van der Waals surface area contributed by atoms with E-state index in [1.165, 1.54) is 0 Å². The highest BCUT2D eigenvalue weighted by molar-refractivity contribution is 9.10. The molecule has 86 valence electrons. The number of aliphatic hydroxyl groups excluding tert-OH is 1. The highest BCUT2D eigenvalue weighted by atomic mass is 79.9. The van der Waals surface area contributed by atoms with Crippen molar-refractivity contribution >= 4 is 26.9 Å². The zero-order chi connectivity index (χ0) is 11.7. The number of ether oxygens (including phenoxy) is 1. The van der Waals surface area contributed by atoms with Gasteiger partial charge in [0.25, 0.3) is 0 Å². The first-order chi connectivity index (χ1) is 7.69. The number of fused-ring (bicyclic) bond motifs is 1. The zero-order valence-electron chi connectivity index (χ0n) is 8.74. The third-order valence-corrected chi connectivity index (χ3v) is 3.35. The van der Waals surface area contributed by atoms with Crippen LogP contribution in [-0.2, 0) is 0 Å². The molecule has 5 heteroatoms. The van der Waals surface area contributed by atoms with Gasteiger partial charge in [0, 0.05) is 22.0 Å². The number of methoxy groups -OCH3 is 1. The van der Waals surface area contributed by atoms with Crippen LogP contribution in [0.25, 0.3) is 11.0 Å². The second-order valence-corrected chi connectivity index (χ2v) is 4.19. The largest absolute Gasteiger partial charge is 0.493 e. The fourth-order valence-electron chi connectivity index (χ4n) is 1.62. The predicted octanol–water partition coefficient (Wildman–Crippen LogP) is 2.20. The van der Waals surface area contributed by atoms with Crippen LogP contribution in [-0.4, -0.2) is 18.8 Å². The summed E-state index contributed by atoms with van der Waals surface area (Å²) >= 11 is 3.43. The van der Waals surface area contributed by atoms with Gasteiger partial charge in [-0.25, -0.2) is 0 Å². The molecule has 3 N–H and O–H groups in total. The van der Waals surface area contributed by atoms with E-state index in [9.17, 15) is 5.11 Å². The van der Waals surface area contributed by atoms with Gasteiger partial charge in [0.2, 0.25) is 0 Å². The lowest BCUT2D eigenvalue weighted by Crippen LogP contribution is -2.12. The molecular formula is C11H12BrNO3. The van der Waals surface area contributed by atoms with Gasteiger partial charge in [0.15, 0.2) is 11.3 Å². The van der Waals surface area contributed by atoms with Crippen LogP contribution in [0.3, 0.4) is 0 Å². The van der Waals surface area contributed by atoms with Crippen LogP contribution >= 0.6 is 15.9 Å². The SMILES string of the molecule is COc1cc(C(O)CN)c(Br)c2ccoc12. The number of furan rings is 1. The van der Waals surface area contributed by atoms with Gasteiger partial charge in [-0.1, -0.05) is 0 Å². The minimum atomic E-state index is -0.720. The third-order valence-electron chi connectivity index (χ3n) is 2.47. The van der Waals surface area contributed by atoms with Crippen molar-refractivity contribution in [3.8, 4) is 5.75 Å². The Bertz CT molecular complexity index is 509. The molecule has 16 heavy (non-hydrogen) atoms. The molecule has 1 atom stereocenters. The van der Waals surface area contributed by atoms with E-state index in [2.05, 4.69) is 15.9 Å². The molecule has 0 amide bonds. The summed E-state index contributed by atoms with van der Waals surface area (Å²) in [6, 6.07) is 3.54. The smallest absolute Gasteiger partial charge is 0.176 e. The Morgan fingerprint density at radius 3 is 3.00 bits per heavy atom. The van der Waals surface area contributed by atoms with E-state index in [1.54, 1.807) is 19.4 Å². The lowest BCUT2D eigenvalue weighted by molar-refractivity contribution is 0.185. The number of aliphatic hydroxyl groups is 1. The van der Waals surface area contributed by atoms with Gasteiger partial charge in [0.1, 0.15) is 0 Å². The molecule has 2 aromatic rings. The lowest BCUT2D eigenvalue weighted by atomic mass is 10.1. The minimum absolute atomic E-state index is 0.158. The van der Waals surface area contributed by atoms with Gasteiger partial charge in [-0.2, -0.15) is 0 Å². The Labute approximate surface area is 101 Å². The van der Waals surface area contributed by atoms with E-state index in [0.29, 0.717) is 16.9 Å². The summed E-state index contributed by atoms with van der Waals surface area (Å²) in [6.45, 7) is 0.158. The summed E-state index contributed by atoms with van der Waals surface area (Å²) in [5.74, 6) is 0.589. The molecule has 1 aromatic carbocycles. The summed E-state index contributed by atoms with van der Waals surface area (Å²) in [4.78, 5) is 0. The summed E-state index contributed by atoms with van der Waals surface area (Å²) < 4.78 is 11.3. The van der Waals surface area contributed by atoms with Gasteiger partial charge in [-0.3, -0.25) is 0 Å². The van der Waals surface area contributed by atoms with Crippen LogP contribution in [0.1, 0.15) is 11.7 Å². The Balaban J connectivity index is 2.70. The summed E-state index contributed by atoms with van der Waals surface area (Å²) in [6.07, 6.45) is 0.860. The van der Waals surface area contributed by atoms with Crippen LogP contribution in [0.5, 0.6) is 5.75 Å². The van der Waals surface area contributed by atoms with E-state index in [-0.39, 0.29) is 6.54 Å². The molecule has 4 nitrogen and oxygen atoms in total. The van der Waals surface area contributed by atoms with Gasteiger partial charge in [0.05, 0.1) is 19.5 Å². The summed E-state index contributed by atoms with van der Waals surface area (Å²) in [7, 11) is 1.56. The maximum atomic E-state index is 9.79. The van der Waals surface area contributed by atoms with Crippen molar-refractivity contribution in [2.75, 3.05) is 13.7 Å². The molecule has 0 aliphatic heterocycles. The van der Waals surface area contributed by atoms with Crippen LogP contribution in [0.2, 0.25) is 0 Å². The number of hydrogen-bond acceptors (Lipinski definition) is 4. The molecule has 1 unspecified atom stereocenters. The van der Waals surface area contributed by atoms with Crippen molar-refractivity contribution in [2.45, 2.75) is 6.10 Å². The molecule has 0 bridgehead atoms. The molecule has 0 fully saturated rings. The number of hydrogen-bond donors (Lipinski definition) is 2. The molecule has 0 saturated carbocycles.